The van der Waals surface area contributed by atoms with E-state index in [1.54, 1.807) is 0 Å². The highest BCUT2D eigenvalue weighted by Crippen LogP contribution is 1.68. The minimum atomic E-state index is -0.833. The van der Waals surface area contributed by atoms with Crippen molar-refractivity contribution in [1.29, 1.82) is 0 Å². The third-order valence-corrected chi connectivity index (χ3v) is 0.471. The van der Waals surface area contributed by atoms with Gasteiger partial charge in [0.1, 0.15) is 0 Å². The van der Waals surface area contributed by atoms with Crippen molar-refractivity contribution in [2.45, 2.75) is 13.8 Å². The van der Waals surface area contributed by atoms with Crippen molar-refractivity contribution in [3.8, 4) is 0 Å². The molecule has 7 heteroatoms. The first-order valence-electron chi connectivity index (χ1n) is 4.07. The van der Waals surface area contributed by atoms with Crippen molar-refractivity contribution < 1.29 is 34.8 Å². The van der Waals surface area contributed by atoms with Crippen LogP contribution in [0.1, 0.15) is 13.8 Å². The summed E-state index contributed by atoms with van der Waals surface area (Å²) >= 11 is 0. The summed E-state index contributed by atoms with van der Waals surface area (Å²) in [4.78, 5) is 18.0. The summed E-state index contributed by atoms with van der Waals surface area (Å²) in [5, 5.41) is 31.0. The van der Waals surface area contributed by atoms with Crippen molar-refractivity contribution in [3.63, 3.8) is 0 Å². The van der Waals surface area contributed by atoms with Gasteiger partial charge in [-0.3, -0.25) is 9.59 Å². The van der Waals surface area contributed by atoms with Gasteiger partial charge in [-0.1, -0.05) is 0 Å². The average Bonchev–Trinajstić information content (AvgIpc) is 2.03. The lowest BCUT2D eigenvalue weighted by Crippen LogP contribution is -2.03. The molecule has 0 aliphatic heterocycles. The highest BCUT2D eigenvalue weighted by Gasteiger charge is 1.79. The second-order valence-corrected chi connectivity index (χ2v) is 2.10. The fourth-order valence-electron chi connectivity index (χ4n) is 0.231. The smallest absolute Gasteiger partial charge is 0.300 e. The number of hydrogen-bond acceptors (Lipinski definition) is 5. The molecule has 15 heavy (non-hydrogen) atoms. The fraction of sp³-hybridized carbons (Fsp3) is 0.750. The number of ether oxygens (including phenoxy) is 1. The lowest BCUT2D eigenvalue weighted by molar-refractivity contribution is -0.135. The molecule has 0 amide bonds. The molecule has 0 atom stereocenters. The summed E-state index contributed by atoms with van der Waals surface area (Å²) in [5.41, 5.74) is 0. The molecule has 4 N–H and O–H groups in total. The highest BCUT2D eigenvalue weighted by molar-refractivity contribution is 5.63. The summed E-state index contributed by atoms with van der Waals surface area (Å²) in [6, 6.07) is 0. The summed E-state index contributed by atoms with van der Waals surface area (Å²) in [6.45, 7) is 2.86. The molecular formula is C8H18O7. The Morgan fingerprint density at radius 2 is 1.13 bits per heavy atom. The molecule has 0 rings (SSSR count). The van der Waals surface area contributed by atoms with Gasteiger partial charge in [-0.15, -0.1) is 0 Å². The maximum Gasteiger partial charge on any atom is 0.300 e. The molecule has 0 heterocycles. The van der Waals surface area contributed by atoms with Gasteiger partial charge >= 0.3 is 0 Å². The molecule has 0 radical (unpaired) electrons. The Labute approximate surface area is 87.9 Å². The third kappa shape index (κ3) is 189. The zero-order valence-corrected chi connectivity index (χ0v) is 8.84. The van der Waals surface area contributed by atoms with E-state index in [1.165, 1.54) is 0 Å². The van der Waals surface area contributed by atoms with Crippen LogP contribution >= 0.6 is 0 Å². The predicted octanol–water partition coefficient (Wildman–Crippen LogP) is -0.831. The number of carboxylic acids is 2. The van der Waals surface area contributed by atoms with E-state index in [0.717, 1.165) is 13.8 Å². The van der Waals surface area contributed by atoms with E-state index in [-0.39, 0.29) is 13.2 Å². The molecule has 0 aromatic rings. The molecule has 0 aromatic heterocycles. The van der Waals surface area contributed by atoms with Gasteiger partial charge in [-0.2, -0.15) is 0 Å². The standard InChI is InChI=1S/C4H10O3.2C2H4O2/c5-1-3-7-4-2-6;2*1-2(3)4/h5-6H,1-4H2;2*1H3,(H,3,4). The van der Waals surface area contributed by atoms with Gasteiger partial charge in [0.2, 0.25) is 0 Å². The number of aliphatic hydroxyl groups excluding tert-OH is 2. The van der Waals surface area contributed by atoms with Crippen molar-refractivity contribution in [2.75, 3.05) is 26.4 Å². The number of hydrogen-bond donors (Lipinski definition) is 4. The molecule has 0 spiro atoms. The van der Waals surface area contributed by atoms with Crippen LogP contribution in [0.3, 0.4) is 0 Å². The van der Waals surface area contributed by atoms with Crippen LogP contribution in [0.2, 0.25) is 0 Å². The minimum Gasteiger partial charge on any atom is -0.481 e. The van der Waals surface area contributed by atoms with E-state index in [2.05, 4.69) is 4.74 Å². The largest absolute Gasteiger partial charge is 0.481 e. The lowest BCUT2D eigenvalue weighted by Gasteiger charge is -1.94. The first-order valence-corrected chi connectivity index (χ1v) is 4.07. The van der Waals surface area contributed by atoms with Crippen molar-refractivity contribution in [1.82, 2.24) is 0 Å². The number of carbonyl (C=O) groups is 2. The maximum absolute atomic E-state index is 9.00. The van der Waals surface area contributed by atoms with Crippen LogP contribution in [0.4, 0.5) is 0 Å². The van der Waals surface area contributed by atoms with E-state index < -0.39 is 11.9 Å². The van der Waals surface area contributed by atoms with Gasteiger partial charge in [-0.25, -0.2) is 0 Å². The van der Waals surface area contributed by atoms with E-state index in [4.69, 9.17) is 30.0 Å². The first kappa shape index (κ1) is 19.4. The van der Waals surface area contributed by atoms with Gasteiger partial charge < -0.3 is 25.2 Å². The van der Waals surface area contributed by atoms with Gasteiger partial charge in [0, 0.05) is 13.8 Å². The Balaban J connectivity index is -0.000000155. The highest BCUT2D eigenvalue weighted by atomic mass is 16.5. The number of aliphatic hydroxyl groups is 2. The van der Waals surface area contributed by atoms with Gasteiger partial charge in [-0.05, 0) is 0 Å². The van der Waals surface area contributed by atoms with Crippen LogP contribution in [0.25, 0.3) is 0 Å². The summed E-state index contributed by atoms with van der Waals surface area (Å²) in [6.07, 6.45) is 0. The summed E-state index contributed by atoms with van der Waals surface area (Å²) < 4.78 is 4.63. The van der Waals surface area contributed by atoms with Crippen molar-refractivity contribution >= 4 is 11.9 Å². The zero-order chi connectivity index (χ0) is 12.7. The second-order valence-electron chi connectivity index (χ2n) is 2.10. The SMILES string of the molecule is CC(=O)O.CC(=O)O.OCCOCCO. The molecule has 0 saturated heterocycles. The molecule has 0 unspecified atom stereocenters. The Morgan fingerprint density at radius 3 is 1.27 bits per heavy atom. The van der Waals surface area contributed by atoms with Crippen LogP contribution in [-0.4, -0.2) is 58.8 Å². The first-order chi connectivity index (χ1) is 6.88. The second kappa shape index (κ2) is 18.6. The Hall–Kier alpha value is -1.18. The van der Waals surface area contributed by atoms with Crippen LogP contribution in [0, 0.1) is 0 Å². The van der Waals surface area contributed by atoms with Crippen molar-refractivity contribution in [3.05, 3.63) is 0 Å². The van der Waals surface area contributed by atoms with Crippen LogP contribution in [0.15, 0.2) is 0 Å². The molecule has 7 nitrogen and oxygen atoms in total. The predicted molar refractivity (Wildman–Crippen MR) is 51.6 cm³/mol. The third-order valence-electron chi connectivity index (χ3n) is 0.471. The Kier molecular flexibility index (Phi) is 24.0. The average molecular weight is 226 g/mol. The van der Waals surface area contributed by atoms with E-state index in [0.29, 0.717) is 13.2 Å². The normalized spacial score (nSPS) is 7.73. The quantitative estimate of drug-likeness (QED) is 0.461. The molecule has 92 valence electrons. The monoisotopic (exact) mass is 226 g/mol. The van der Waals surface area contributed by atoms with E-state index in [1.807, 2.05) is 0 Å². The molecule has 0 aliphatic rings. The van der Waals surface area contributed by atoms with E-state index in [9.17, 15) is 0 Å². The number of carboxylic acid groups (broad SMARTS) is 2. The van der Waals surface area contributed by atoms with Gasteiger partial charge in [0.05, 0.1) is 26.4 Å². The van der Waals surface area contributed by atoms with Crippen molar-refractivity contribution in [2.24, 2.45) is 0 Å². The maximum atomic E-state index is 9.00. The fourth-order valence-corrected chi connectivity index (χ4v) is 0.231. The molecule has 0 fully saturated rings. The topological polar surface area (TPSA) is 124 Å². The molecule has 0 bridgehead atoms. The minimum absolute atomic E-state index is 0.0278. The molecule has 0 aliphatic carbocycles. The van der Waals surface area contributed by atoms with Gasteiger partial charge in [0.15, 0.2) is 0 Å². The summed E-state index contributed by atoms with van der Waals surface area (Å²) in [7, 11) is 0. The van der Waals surface area contributed by atoms with Crippen LogP contribution in [-0.2, 0) is 14.3 Å². The molecule has 0 saturated carbocycles. The Bertz CT molecular complexity index is 122. The number of aliphatic carboxylic acids is 2. The molecule has 0 aromatic carbocycles. The van der Waals surface area contributed by atoms with Crippen LogP contribution in [0.5, 0.6) is 0 Å². The summed E-state index contributed by atoms with van der Waals surface area (Å²) in [5.74, 6) is -1.67. The Morgan fingerprint density at radius 1 is 0.933 bits per heavy atom. The lowest BCUT2D eigenvalue weighted by atomic mass is 10.7. The zero-order valence-electron chi connectivity index (χ0n) is 8.84. The van der Waals surface area contributed by atoms with Gasteiger partial charge in [0.25, 0.3) is 11.9 Å². The number of rotatable bonds is 4. The molecular weight excluding hydrogens is 208 g/mol. The van der Waals surface area contributed by atoms with E-state index >= 15 is 0 Å². The van der Waals surface area contributed by atoms with Crippen LogP contribution < -0.4 is 0 Å².